The van der Waals surface area contributed by atoms with E-state index in [2.05, 4.69) is 31.4 Å². The van der Waals surface area contributed by atoms with Crippen molar-refractivity contribution in [3.8, 4) is 0 Å². The molecule has 164 valence electrons. The highest BCUT2D eigenvalue weighted by atomic mass is 32.1. The van der Waals surface area contributed by atoms with Gasteiger partial charge in [0.2, 0.25) is 0 Å². The van der Waals surface area contributed by atoms with Crippen molar-refractivity contribution in [3.05, 3.63) is 67.7 Å². The smallest absolute Gasteiger partial charge is 0.338 e. The lowest BCUT2D eigenvalue weighted by molar-refractivity contribution is 0.0498. The second-order valence-corrected chi connectivity index (χ2v) is 9.37. The van der Waals surface area contributed by atoms with Crippen molar-refractivity contribution in [3.63, 3.8) is 0 Å². The summed E-state index contributed by atoms with van der Waals surface area (Å²) in [5, 5.41) is 2.57. The van der Waals surface area contributed by atoms with Crippen LogP contribution in [-0.4, -0.2) is 12.6 Å². The number of ether oxygens (including phenoxy) is 1. The van der Waals surface area contributed by atoms with Crippen LogP contribution in [0.2, 0.25) is 0 Å². The molecule has 0 aliphatic heterocycles. The van der Waals surface area contributed by atoms with Crippen LogP contribution < -0.4 is 5.43 Å². The Bertz CT molecular complexity index is 1100. The van der Waals surface area contributed by atoms with Crippen molar-refractivity contribution in [2.75, 3.05) is 6.61 Å². The van der Waals surface area contributed by atoms with Crippen molar-refractivity contribution in [1.82, 2.24) is 0 Å². The van der Waals surface area contributed by atoms with Gasteiger partial charge in [-0.2, -0.15) is 0 Å². The lowest BCUT2D eigenvalue weighted by atomic mass is 10.0. The quantitative estimate of drug-likeness (QED) is 0.257. The zero-order chi connectivity index (χ0) is 21.8. The number of rotatable bonds is 10. The van der Waals surface area contributed by atoms with Gasteiger partial charge in [0.05, 0.1) is 17.6 Å². The van der Waals surface area contributed by atoms with Crippen molar-refractivity contribution in [1.29, 1.82) is 0 Å². The van der Waals surface area contributed by atoms with Crippen LogP contribution in [0.4, 0.5) is 0 Å². The Kier molecular flexibility index (Phi) is 6.91. The first kappa shape index (κ1) is 21.8. The minimum atomic E-state index is -0.376. The lowest BCUT2D eigenvalue weighted by Crippen LogP contribution is -2.14. The molecule has 1 aromatic carbocycles. The summed E-state index contributed by atoms with van der Waals surface area (Å²) < 4.78 is 11.7. The van der Waals surface area contributed by atoms with E-state index < -0.39 is 0 Å². The van der Waals surface area contributed by atoms with Crippen LogP contribution in [0.25, 0.3) is 11.0 Å². The van der Waals surface area contributed by atoms with Gasteiger partial charge in [-0.25, -0.2) is 4.79 Å². The monoisotopic (exact) mass is 438 g/mol. The average Bonchev–Trinajstić information content (AvgIpc) is 3.38. The first-order valence-corrected chi connectivity index (χ1v) is 12.3. The molecule has 1 aliphatic carbocycles. The van der Waals surface area contributed by atoms with Gasteiger partial charge in [-0.15, -0.1) is 11.3 Å². The predicted octanol–water partition coefficient (Wildman–Crippen LogP) is 6.82. The number of thiophene rings is 1. The summed E-state index contributed by atoms with van der Waals surface area (Å²) in [7, 11) is 0. The molecule has 4 rings (SSSR count). The highest BCUT2D eigenvalue weighted by Gasteiger charge is 2.44. The third-order valence-electron chi connectivity index (χ3n) is 6.02. The first-order valence-electron chi connectivity index (χ1n) is 11.4. The minimum Gasteiger partial charge on any atom is -0.462 e. The second-order valence-electron chi connectivity index (χ2n) is 8.40. The molecule has 0 spiro atoms. The van der Waals surface area contributed by atoms with Crippen LogP contribution in [0.5, 0.6) is 0 Å². The van der Waals surface area contributed by atoms with E-state index in [9.17, 15) is 9.59 Å². The zero-order valence-electron chi connectivity index (χ0n) is 18.3. The fraction of sp³-hybridized carbons (Fsp3) is 0.462. The fourth-order valence-corrected chi connectivity index (χ4v) is 5.15. The van der Waals surface area contributed by atoms with Crippen LogP contribution in [-0.2, 0) is 11.2 Å². The second kappa shape index (κ2) is 9.82. The highest BCUT2D eigenvalue weighted by molar-refractivity contribution is 7.10. The highest BCUT2D eigenvalue weighted by Crippen LogP contribution is 2.56. The maximum Gasteiger partial charge on any atom is 0.338 e. The van der Waals surface area contributed by atoms with E-state index in [1.807, 2.05) is 0 Å². The standard InChI is InChI=1S/C26H30O4S/c1-3-5-6-7-13-29-26(28)17-11-12-22-21(15-17)24(27)18(9-4-2)25(30-22)20-16-19(20)23-10-8-14-31-23/h8,10-12,14-15,19-20H,3-7,9,13,16H2,1-2H3. The summed E-state index contributed by atoms with van der Waals surface area (Å²) in [6.07, 6.45) is 6.80. The molecule has 2 aromatic heterocycles. The molecule has 1 aliphatic rings. The lowest BCUT2D eigenvalue weighted by Gasteiger charge is -2.10. The number of carbonyl (C=O) groups is 1. The van der Waals surface area contributed by atoms with E-state index in [1.165, 1.54) is 4.88 Å². The van der Waals surface area contributed by atoms with E-state index in [0.717, 1.165) is 49.8 Å². The van der Waals surface area contributed by atoms with Gasteiger partial charge < -0.3 is 9.15 Å². The van der Waals surface area contributed by atoms with Crippen molar-refractivity contribution in [2.45, 2.75) is 70.6 Å². The molecule has 5 heteroatoms. The normalized spacial score (nSPS) is 17.7. The molecule has 1 saturated carbocycles. The predicted molar refractivity (Wildman–Crippen MR) is 125 cm³/mol. The van der Waals surface area contributed by atoms with Gasteiger partial charge >= 0.3 is 5.97 Å². The zero-order valence-corrected chi connectivity index (χ0v) is 19.1. The third kappa shape index (κ3) is 4.77. The van der Waals surface area contributed by atoms with Crippen molar-refractivity contribution < 1.29 is 13.9 Å². The van der Waals surface area contributed by atoms with E-state index in [0.29, 0.717) is 35.5 Å². The molecule has 1 fully saturated rings. The molecule has 31 heavy (non-hydrogen) atoms. The van der Waals surface area contributed by atoms with Gasteiger partial charge in [0.25, 0.3) is 0 Å². The molecule has 0 bridgehead atoms. The average molecular weight is 439 g/mol. The van der Waals surface area contributed by atoms with Crippen LogP contribution in [0.3, 0.4) is 0 Å². The van der Waals surface area contributed by atoms with Crippen LogP contribution in [0.1, 0.15) is 90.8 Å². The summed E-state index contributed by atoms with van der Waals surface area (Å²) in [4.78, 5) is 27.2. The molecule has 2 heterocycles. The van der Waals surface area contributed by atoms with Crippen LogP contribution >= 0.6 is 11.3 Å². The maximum atomic E-state index is 13.4. The molecule has 2 atom stereocenters. The molecular formula is C26H30O4S. The molecule has 2 unspecified atom stereocenters. The molecular weight excluding hydrogens is 408 g/mol. The van der Waals surface area contributed by atoms with Gasteiger partial charge in [0.1, 0.15) is 11.3 Å². The minimum absolute atomic E-state index is 0.00692. The Balaban J connectivity index is 1.59. The van der Waals surface area contributed by atoms with E-state index in [4.69, 9.17) is 9.15 Å². The molecule has 0 N–H and O–H groups in total. The number of hydrogen-bond acceptors (Lipinski definition) is 5. The van der Waals surface area contributed by atoms with Gasteiger partial charge in [0, 0.05) is 22.3 Å². The Morgan fingerprint density at radius 1 is 1.13 bits per heavy atom. The summed E-state index contributed by atoms with van der Waals surface area (Å²) >= 11 is 1.76. The van der Waals surface area contributed by atoms with Gasteiger partial charge in [-0.3, -0.25) is 4.79 Å². The largest absolute Gasteiger partial charge is 0.462 e. The Morgan fingerprint density at radius 3 is 2.74 bits per heavy atom. The van der Waals surface area contributed by atoms with Crippen LogP contribution in [0.15, 0.2) is 44.9 Å². The molecule has 0 radical (unpaired) electrons. The Morgan fingerprint density at radius 2 is 2.00 bits per heavy atom. The summed E-state index contributed by atoms with van der Waals surface area (Å²) in [5.41, 5.74) is 1.72. The number of esters is 1. The number of hydrogen-bond donors (Lipinski definition) is 0. The molecule has 4 nitrogen and oxygen atoms in total. The molecule has 0 saturated heterocycles. The number of unbranched alkanes of at least 4 members (excludes halogenated alkanes) is 3. The van der Waals surface area contributed by atoms with E-state index >= 15 is 0 Å². The third-order valence-corrected chi connectivity index (χ3v) is 7.02. The number of benzene rings is 1. The number of fused-ring (bicyclic) bond motifs is 1. The van der Waals surface area contributed by atoms with E-state index in [1.54, 1.807) is 29.5 Å². The molecule has 0 amide bonds. The fourth-order valence-electron chi connectivity index (χ4n) is 4.24. The van der Waals surface area contributed by atoms with Crippen molar-refractivity contribution >= 4 is 28.3 Å². The Hall–Kier alpha value is -2.40. The van der Waals surface area contributed by atoms with Gasteiger partial charge in [-0.1, -0.05) is 45.6 Å². The topological polar surface area (TPSA) is 56.5 Å². The molecule has 3 aromatic rings. The van der Waals surface area contributed by atoms with E-state index in [-0.39, 0.29) is 17.3 Å². The van der Waals surface area contributed by atoms with Crippen LogP contribution in [0, 0.1) is 0 Å². The number of carbonyl (C=O) groups excluding carboxylic acids is 1. The SMILES string of the molecule is CCCCCCOC(=O)c1ccc2oc(C3CC3c3cccs3)c(CCC)c(=O)c2c1. The Labute approximate surface area is 187 Å². The van der Waals surface area contributed by atoms with Crippen molar-refractivity contribution in [2.24, 2.45) is 0 Å². The van der Waals surface area contributed by atoms with Gasteiger partial charge in [-0.05, 0) is 48.9 Å². The summed E-state index contributed by atoms with van der Waals surface area (Å²) in [6.45, 7) is 4.64. The van der Waals surface area contributed by atoms with Gasteiger partial charge in [0.15, 0.2) is 5.43 Å². The summed E-state index contributed by atoms with van der Waals surface area (Å²) in [6, 6.07) is 9.32. The first-order chi connectivity index (χ1) is 15.1. The summed E-state index contributed by atoms with van der Waals surface area (Å²) in [5.74, 6) is 1.17. The maximum absolute atomic E-state index is 13.4.